The topological polar surface area (TPSA) is 99.3 Å². The highest BCUT2D eigenvalue weighted by molar-refractivity contribution is 7.19. The standard InChI is InChI=1S/C19H23F3N4OS/c1-4-18(27,19(20,21)22)16(24)10-26(25)9-12-5-6-13-14(7-12)28-15(8-23)17(13)11(2)3/h5-7,10-11,27H,4,9,24-25H2,1-3H3/b16-10-. The smallest absolute Gasteiger partial charge is 0.398 e. The lowest BCUT2D eigenvalue weighted by Gasteiger charge is -2.30. The van der Waals surface area contributed by atoms with Crippen LogP contribution in [0.4, 0.5) is 13.2 Å². The number of aliphatic hydroxyl groups is 1. The summed E-state index contributed by atoms with van der Waals surface area (Å²) in [7, 11) is 0. The molecular formula is C19H23F3N4OS. The molecule has 1 heterocycles. The first-order valence-corrected chi connectivity index (χ1v) is 9.49. The summed E-state index contributed by atoms with van der Waals surface area (Å²) in [6.07, 6.45) is -4.63. The monoisotopic (exact) mass is 412 g/mol. The van der Waals surface area contributed by atoms with Gasteiger partial charge in [-0.25, -0.2) is 5.84 Å². The summed E-state index contributed by atoms with van der Waals surface area (Å²) in [5, 5.41) is 21.2. The molecule has 9 heteroatoms. The fourth-order valence-corrected chi connectivity index (χ4v) is 4.25. The second kappa shape index (κ2) is 7.99. The fourth-order valence-electron chi connectivity index (χ4n) is 3.03. The molecule has 2 aromatic rings. The first-order valence-electron chi connectivity index (χ1n) is 8.68. The Morgan fingerprint density at radius 2 is 2.04 bits per heavy atom. The number of alkyl halides is 3. The maximum atomic E-state index is 13.1. The molecule has 0 fully saturated rings. The molecular weight excluding hydrogens is 389 g/mol. The van der Waals surface area contributed by atoms with Crippen molar-refractivity contribution in [1.82, 2.24) is 5.01 Å². The molecule has 0 saturated heterocycles. The third-order valence-electron chi connectivity index (χ3n) is 4.60. The molecule has 0 aliphatic carbocycles. The number of hydrazine groups is 1. The average Bonchev–Trinajstić information content (AvgIpc) is 2.97. The average molecular weight is 412 g/mol. The molecule has 0 bridgehead atoms. The summed E-state index contributed by atoms with van der Waals surface area (Å²) in [5.41, 5.74) is 3.34. The summed E-state index contributed by atoms with van der Waals surface area (Å²) >= 11 is 1.37. The van der Waals surface area contributed by atoms with Crippen LogP contribution in [0.5, 0.6) is 0 Å². The number of halogens is 3. The largest absolute Gasteiger partial charge is 0.422 e. The van der Waals surface area contributed by atoms with Gasteiger partial charge in [-0.15, -0.1) is 11.3 Å². The highest BCUT2D eigenvalue weighted by atomic mass is 32.1. The van der Waals surface area contributed by atoms with Crippen molar-refractivity contribution in [2.75, 3.05) is 0 Å². The number of nitriles is 1. The zero-order chi connectivity index (χ0) is 21.3. The molecule has 2 rings (SSSR count). The lowest BCUT2D eigenvalue weighted by atomic mass is 9.96. The van der Waals surface area contributed by atoms with E-state index in [0.717, 1.165) is 32.4 Å². The number of hydrogen-bond donors (Lipinski definition) is 3. The van der Waals surface area contributed by atoms with E-state index in [-0.39, 0.29) is 12.5 Å². The van der Waals surface area contributed by atoms with E-state index in [1.807, 2.05) is 32.0 Å². The Kier molecular flexibility index (Phi) is 6.28. The lowest BCUT2D eigenvalue weighted by Crippen LogP contribution is -2.49. The van der Waals surface area contributed by atoms with Crippen LogP contribution >= 0.6 is 11.3 Å². The van der Waals surface area contributed by atoms with Crippen LogP contribution in [0, 0.1) is 11.3 Å². The highest BCUT2D eigenvalue weighted by Crippen LogP contribution is 2.38. The molecule has 152 valence electrons. The molecule has 1 aromatic carbocycles. The molecule has 0 saturated carbocycles. The summed E-state index contributed by atoms with van der Waals surface area (Å²) in [5.74, 6) is 6.00. The van der Waals surface area contributed by atoms with Crippen LogP contribution in [0.1, 0.15) is 49.1 Å². The Bertz CT molecular complexity index is 930. The first-order chi connectivity index (χ1) is 12.9. The van der Waals surface area contributed by atoms with E-state index in [0.29, 0.717) is 4.88 Å². The van der Waals surface area contributed by atoms with Crippen molar-refractivity contribution in [1.29, 1.82) is 5.26 Å². The van der Waals surface area contributed by atoms with Gasteiger partial charge in [0, 0.05) is 10.9 Å². The molecule has 28 heavy (non-hydrogen) atoms. The normalized spacial score (nSPS) is 14.9. The molecule has 1 unspecified atom stereocenters. The van der Waals surface area contributed by atoms with Gasteiger partial charge in [-0.05, 0) is 34.9 Å². The predicted octanol–water partition coefficient (Wildman–Crippen LogP) is 4.08. The molecule has 0 aliphatic rings. The zero-order valence-corrected chi connectivity index (χ0v) is 16.7. The Hall–Kier alpha value is -2.28. The van der Waals surface area contributed by atoms with E-state index >= 15 is 0 Å². The van der Waals surface area contributed by atoms with Gasteiger partial charge in [0.2, 0.25) is 5.60 Å². The van der Waals surface area contributed by atoms with Crippen LogP contribution in [0.25, 0.3) is 10.1 Å². The number of hydrogen-bond acceptors (Lipinski definition) is 6. The van der Waals surface area contributed by atoms with Gasteiger partial charge in [0.15, 0.2) is 0 Å². The minimum Gasteiger partial charge on any atom is -0.398 e. The van der Waals surface area contributed by atoms with Gasteiger partial charge >= 0.3 is 6.18 Å². The fraction of sp³-hybridized carbons (Fsp3) is 0.421. The van der Waals surface area contributed by atoms with Gasteiger partial charge in [-0.1, -0.05) is 32.9 Å². The number of thiophene rings is 1. The van der Waals surface area contributed by atoms with Crippen molar-refractivity contribution in [3.05, 3.63) is 46.1 Å². The van der Waals surface area contributed by atoms with Crippen LogP contribution in [0.15, 0.2) is 30.1 Å². The van der Waals surface area contributed by atoms with Crippen LogP contribution < -0.4 is 11.6 Å². The summed E-state index contributed by atoms with van der Waals surface area (Å²) < 4.78 is 40.2. The summed E-state index contributed by atoms with van der Waals surface area (Å²) in [4.78, 5) is 0.647. The van der Waals surface area contributed by atoms with E-state index < -0.39 is 23.9 Å². The minimum atomic E-state index is -4.90. The maximum Gasteiger partial charge on any atom is 0.422 e. The van der Waals surface area contributed by atoms with Crippen molar-refractivity contribution in [3.63, 3.8) is 0 Å². The Labute approximate surface area is 165 Å². The van der Waals surface area contributed by atoms with Gasteiger partial charge in [-0.2, -0.15) is 18.4 Å². The third kappa shape index (κ3) is 4.09. The maximum absolute atomic E-state index is 13.1. The van der Waals surface area contributed by atoms with Gasteiger partial charge in [0.05, 0.1) is 12.2 Å². The van der Waals surface area contributed by atoms with E-state index in [4.69, 9.17) is 11.6 Å². The number of benzene rings is 1. The van der Waals surface area contributed by atoms with Crippen molar-refractivity contribution >= 4 is 21.4 Å². The third-order valence-corrected chi connectivity index (χ3v) is 5.67. The second-order valence-electron chi connectivity index (χ2n) is 6.91. The molecule has 0 aliphatic heterocycles. The molecule has 1 aromatic heterocycles. The highest BCUT2D eigenvalue weighted by Gasteiger charge is 2.54. The molecule has 0 spiro atoms. The molecule has 0 amide bonds. The number of fused-ring (bicyclic) bond motifs is 1. The quantitative estimate of drug-likeness (QED) is 0.491. The summed E-state index contributed by atoms with van der Waals surface area (Å²) in [6.45, 7) is 5.31. The van der Waals surface area contributed by atoms with Gasteiger partial charge < -0.3 is 15.8 Å². The van der Waals surface area contributed by atoms with E-state index in [1.165, 1.54) is 18.3 Å². The zero-order valence-electron chi connectivity index (χ0n) is 15.8. The second-order valence-corrected chi connectivity index (χ2v) is 7.96. The van der Waals surface area contributed by atoms with Crippen molar-refractivity contribution < 1.29 is 18.3 Å². The predicted molar refractivity (Wildman–Crippen MR) is 104 cm³/mol. The molecule has 0 radical (unpaired) electrons. The van der Waals surface area contributed by atoms with Crippen LogP contribution in [-0.4, -0.2) is 21.9 Å². The van der Waals surface area contributed by atoms with Crippen molar-refractivity contribution in [2.24, 2.45) is 11.6 Å². The van der Waals surface area contributed by atoms with Crippen LogP contribution in [0.2, 0.25) is 0 Å². The Balaban J connectivity index is 2.30. The van der Waals surface area contributed by atoms with Crippen molar-refractivity contribution in [2.45, 2.75) is 51.4 Å². The minimum absolute atomic E-state index is 0.0884. The molecule has 5 N–H and O–H groups in total. The van der Waals surface area contributed by atoms with E-state index in [1.54, 1.807) is 0 Å². The van der Waals surface area contributed by atoms with E-state index in [2.05, 4.69) is 6.07 Å². The number of rotatable bonds is 6. The number of nitrogens with zero attached hydrogens (tertiary/aromatic N) is 2. The van der Waals surface area contributed by atoms with Gasteiger partial charge in [0.25, 0.3) is 0 Å². The van der Waals surface area contributed by atoms with Crippen LogP contribution in [-0.2, 0) is 6.54 Å². The molecule has 5 nitrogen and oxygen atoms in total. The van der Waals surface area contributed by atoms with Gasteiger partial charge in [0.1, 0.15) is 10.9 Å². The SMILES string of the molecule is CCC(O)(/C(N)=C/N(N)Cc1ccc2c(C(C)C)c(C#N)sc2c1)C(F)(F)F. The van der Waals surface area contributed by atoms with Crippen LogP contribution in [0.3, 0.4) is 0 Å². The Morgan fingerprint density at radius 1 is 1.39 bits per heavy atom. The summed E-state index contributed by atoms with van der Waals surface area (Å²) in [6, 6.07) is 7.76. The Morgan fingerprint density at radius 3 is 2.54 bits per heavy atom. The lowest BCUT2D eigenvalue weighted by molar-refractivity contribution is -0.245. The number of nitrogens with two attached hydrogens (primary N) is 2. The van der Waals surface area contributed by atoms with E-state index in [9.17, 15) is 23.5 Å². The first kappa shape index (κ1) is 22.0. The van der Waals surface area contributed by atoms with Crippen molar-refractivity contribution in [3.8, 4) is 6.07 Å². The van der Waals surface area contributed by atoms with Gasteiger partial charge in [-0.3, -0.25) is 0 Å². The molecule has 1 atom stereocenters.